The average molecular weight is 323 g/mol. The zero-order valence-corrected chi connectivity index (χ0v) is 11.4. The smallest absolute Gasteiger partial charge is 0 e. The van der Waals surface area contributed by atoms with E-state index in [1.54, 1.807) is 0 Å². The molecule has 66 valence electrons. The Balaban J connectivity index is 0. The van der Waals surface area contributed by atoms with E-state index in [1.165, 1.54) is 0 Å². The molecule has 0 aromatic rings. The van der Waals surface area contributed by atoms with Crippen molar-refractivity contribution in [3.05, 3.63) is 12.2 Å². The van der Waals surface area contributed by atoms with E-state index in [1.807, 2.05) is 0 Å². The second kappa shape index (κ2) is 4.45. The van der Waals surface area contributed by atoms with Crippen LogP contribution in [0.25, 0.3) is 0 Å². The van der Waals surface area contributed by atoms with E-state index in [9.17, 15) is 0 Å². The molecular weight excluding hydrogens is 304 g/mol. The monoisotopic (exact) mass is 323 g/mol. The summed E-state index contributed by atoms with van der Waals surface area (Å²) in [4.78, 5) is 0. The summed E-state index contributed by atoms with van der Waals surface area (Å²) in [6, 6.07) is 0. The Labute approximate surface area is 85.7 Å². The van der Waals surface area contributed by atoms with E-state index >= 15 is 0 Å². The molecule has 0 nitrogen and oxygen atoms in total. The van der Waals surface area contributed by atoms with Gasteiger partial charge in [0.2, 0.25) is 0 Å². The number of allylic oxidation sites excluding steroid dienone is 2. The van der Waals surface area contributed by atoms with Gasteiger partial charge in [-0.05, 0) is 0 Å². The summed E-state index contributed by atoms with van der Waals surface area (Å²) in [6.07, 6.45) is 5.48. The summed E-state index contributed by atoms with van der Waals surface area (Å²) in [5.41, 5.74) is 0.473. The first-order valence-electron chi connectivity index (χ1n) is 3.83. The largest absolute Gasteiger partial charge is 0.494 e. The second-order valence-corrected chi connectivity index (χ2v) is 4.90. The van der Waals surface area contributed by atoms with Crippen LogP contribution >= 0.6 is 0 Å². The first-order valence-corrected chi connectivity index (χ1v) is 3.83. The Morgan fingerprint density at radius 3 is 1.36 bits per heavy atom. The molecule has 0 amide bonds. The van der Waals surface area contributed by atoms with Crippen molar-refractivity contribution < 1.29 is 21.1 Å². The van der Waals surface area contributed by atoms with Gasteiger partial charge in [-0.1, -0.05) is 47.0 Å². The molecule has 0 saturated heterocycles. The van der Waals surface area contributed by atoms with Crippen molar-refractivity contribution in [1.29, 1.82) is 0 Å². The van der Waals surface area contributed by atoms with Crippen LogP contribution in [-0.4, -0.2) is 0 Å². The molecule has 0 atom stereocenters. The minimum Gasteiger partial charge on any atom is -0.494 e. The summed E-state index contributed by atoms with van der Waals surface area (Å²) in [7, 11) is 0. The van der Waals surface area contributed by atoms with E-state index in [0.717, 1.165) is 0 Å². The Bertz CT molecular complexity index is 105. The second-order valence-electron chi connectivity index (χ2n) is 4.90. The third kappa shape index (κ3) is 13.4. The van der Waals surface area contributed by atoms with Crippen LogP contribution in [0.15, 0.2) is 6.08 Å². The maximum atomic E-state index is 3.34. The normalized spacial score (nSPS) is 13.3. The fourth-order valence-electron chi connectivity index (χ4n) is 0.433. The van der Waals surface area contributed by atoms with Gasteiger partial charge in [0.25, 0.3) is 0 Å². The quantitative estimate of drug-likeness (QED) is 0.599. The van der Waals surface area contributed by atoms with Crippen LogP contribution < -0.4 is 0 Å². The number of hydrogen-bond acceptors (Lipinski definition) is 0. The molecular formula is C10H19W-. The fourth-order valence-corrected chi connectivity index (χ4v) is 0.433. The average Bonchev–Trinajstić information content (AvgIpc) is 1.57. The third-order valence-corrected chi connectivity index (χ3v) is 0.938. The summed E-state index contributed by atoms with van der Waals surface area (Å²) in [6.45, 7) is 13.0. The molecule has 0 spiro atoms. The molecule has 0 heterocycles. The molecule has 0 aromatic heterocycles. The van der Waals surface area contributed by atoms with Crippen LogP contribution in [-0.2, 0) is 21.1 Å². The molecule has 1 heteroatoms. The van der Waals surface area contributed by atoms with Gasteiger partial charge in [-0.3, -0.25) is 6.08 Å². The van der Waals surface area contributed by atoms with Gasteiger partial charge in [0.1, 0.15) is 0 Å². The van der Waals surface area contributed by atoms with Gasteiger partial charge in [-0.15, -0.1) is 0 Å². The molecule has 0 N–H and O–H groups in total. The van der Waals surface area contributed by atoms with Crippen molar-refractivity contribution in [3.63, 3.8) is 0 Å². The van der Waals surface area contributed by atoms with Crippen molar-refractivity contribution in [2.24, 2.45) is 10.8 Å². The van der Waals surface area contributed by atoms with Gasteiger partial charge in [-0.25, -0.2) is 0 Å². The van der Waals surface area contributed by atoms with E-state index in [2.05, 4.69) is 53.7 Å². The third-order valence-electron chi connectivity index (χ3n) is 0.938. The SMILES string of the molecule is CC(C)(C)[C-]=CC(C)(C)C.[W]. The summed E-state index contributed by atoms with van der Waals surface area (Å²) >= 11 is 0. The van der Waals surface area contributed by atoms with Crippen molar-refractivity contribution >= 4 is 0 Å². The van der Waals surface area contributed by atoms with Crippen molar-refractivity contribution in [1.82, 2.24) is 0 Å². The molecule has 0 rings (SSSR count). The summed E-state index contributed by atoms with van der Waals surface area (Å²) in [5.74, 6) is 0. The molecule has 0 radical (unpaired) electrons. The molecule has 0 aliphatic carbocycles. The Kier molecular flexibility index (Phi) is 5.66. The van der Waals surface area contributed by atoms with Crippen molar-refractivity contribution in [3.8, 4) is 0 Å². The van der Waals surface area contributed by atoms with Crippen LogP contribution in [0.4, 0.5) is 0 Å². The van der Waals surface area contributed by atoms with Gasteiger partial charge in [0.15, 0.2) is 0 Å². The van der Waals surface area contributed by atoms with Crippen LogP contribution in [0.2, 0.25) is 0 Å². The van der Waals surface area contributed by atoms with E-state index in [0.29, 0.717) is 0 Å². The zero-order valence-electron chi connectivity index (χ0n) is 8.49. The minimum absolute atomic E-state index is 0. The Morgan fingerprint density at radius 2 is 1.27 bits per heavy atom. The Hall–Kier alpha value is 0.428. The minimum atomic E-state index is 0. The molecule has 0 bridgehead atoms. The van der Waals surface area contributed by atoms with E-state index in [-0.39, 0.29) is 31.9 Å². The van der Waals surface area contributed by atoms with Crippen LogP contribution in [0.3, 0.4) is 0 Å². The molecule has 0 unspecified atom stereocenters. The fraction of sp³-hybridized carbons (Fsp3) is 0.800. The van der Waals surface area contributed by atoms with Gasteiger partial charge < -0.3 is 6.08 Å². The maximum Gasteiger partial charge on any atom is 0 e. The number of hydrogen-bond donors (Lipinski definition) is 0. The molecule has 0 saturated carbocycles. The zero-order chi connectivity index (χ0) is 8.41. The molecule has 0 aromatic carbocycles. The predicted octanol–water partition coefficient (Wildman–Crippen LogP) is 3.44. The van der Waals surface area contributed by atoms with E-state index in [4.69, 9.17) is 0 Å². The van der Waals surface area contributed by atoms with Crippen molar-refractivity contribution in [2.75, 3.05) is 0 Å². The van der Waals surface area contributed by atoms with Gasteiger partial charge in [0.05, 0.1) is 0 Å². The standard InChI is InChI=1S/C10H19.W/c1-9(2,3)7-8-10(4,5)6;/h7H,1-6H3;/q-1;. The topological polar surface area (TPSA) is 0 Å². The van der Waals surface area contributed by atoms with Crippen LogP contribution in [0.1, 0.15) is 41.5 Å². The van der Waals surface area contributed by atoms with Gasteiger partial charge in [-0.2, -0.15) is 5.41 Å². The van der Waals surface area contributed by atoms with Crippen LogP contribution in [0.5, 0.6) is 0 Å². The molecule has 11 heavy (non-hydrogen) atoms. The van der Waals surface area contributed by atoms with Crippen molar-refractivity contribution in [2.45, 2.75) is 41.5 Å². The van der Waals surface area contributed by atoms with Gasteiger partial charge >= 0.3 is 0 Å². The number of rotatable bonds is 0. The summed E-state index contributed by atoms with van der Waals surface area (Å²) < 4.78 is 0. The molecule has 0 aliphatic heterocycles. The van der Waals surface area contributed by atoms with Gasteiger partial charge in [0, 0.05) is 21.1 Å². The first kappa shape index (κ1) is 14.0. The molecule has 0 aliphatic rings. The van der Waals surface area contributed by atoms with E-state index < -0.39 is 0 Å². The predicted molar refractivity (Wildman–Crippen MR) is 46.7 cm³/mol. The molecule has 0 fully saturated rings. The first-order chi connectivity index (χ1) is 4.21. The summed E-state index contributed by atoms with van der Waals surface area (Å²) in [5, 5.41) is 0. The Morgan fingerprint density at radius 1 is 0.909 bits per heavy atom. The van der Waals surface area contributed by atoms with Crippen LogP contribution in [0, 0.1) is 16.9 Å². The maximum absolute atomic E-state index is 3.34.